The third kappa shape index (κ3) is 4.63. The average Bonchev–Trinajstić information content (AvgIpc) is 2.45. The molecule has 19 heavy (non-hydrogen) atoms. The topological polar surface area (TPSA) is 67.6 Å². The van der Waals surface area contributed by atoms with E-state index in [1.165, 1.54) is 0 Å². The smallest absolute Gasteiger partial charge is 0.176 e. The first-order valence-corrected chi connectivity index (χ1v) is 6.65. The van der Waals surface area contributed by atoms with Gasteiger partial charge in [0.2, 0.25) is 0 Å². The summed E-state index contributed by atoms with van der Waals surface area (Å²) in [7, 11) is 0. The maximum atomic E-state index is 11.9. The molecule has 0 aromatic heterocycles. The molecule has 0 amide bonds. The van der Waals surface area contributed by atoms with Gasteiger partial charge in [0.25, 0.3) is 0 Å². The Morgan fingerprint density at radius 3 is 2.63 bits per heavy atom. The molecule has 104 valence electrons. The molecule has 1 aromatic carbocycles. The van der Waals surface area contributed by atoms with Crippen LogP contribution < -0.4 is 11.1 Å². The van der Waals surface area contributed by atoms with Gasteiger partial charge in [0, 0.05) is 37.4 Å². The number of nitrogens with two attached hydrogens (primary N) is 1. The lowest BCUT2D eigenvalue weighted by molar-refractivity contribution is 0.0384. The number of Topliss-reactive ketones (excluding diaryl/α,β-unsaturated/α-hetero) is 1. The first-order valence-electron chi connectivity index (χ1n) is 6.65. The van der Waals surface area contributed by atoms with Crippen molar-refractivity contribution in [3.05, 3.63) is 29.8 Å². The van der Waals surface area contributed by atoms with Gasteiger partial charge in [-0.25, -0.2) is 0 Å². The summed E-state index contributed by atoms with van der Waals surface area (Å²) in [5, 5.41) is 3.18. The van der Waals surface area contributed by atoms with Crippen molar-refractivity contribution in [3.8, 4) is 0 Å². The Morgan fingerprint density at radius 2 is 1.95 bits per heavy atom. The second kappa shape index (κ2) is 7.23. The Kier molecular flexibility index (Phi) is 5.32. The van der Waals surface area contributed by atoms with E-state index in [0.29, 0.717) is 17.8 Å². The van der Waals surface area contributed by atoms with Crippen LogP contribution in [0, 0.1) is 0 Å². The largest absolute Gasteiger partial charge is 0.399 e. The lowest BCUT2D eigenvalue weighted by Gasteiger charge is -2.26. The fourth-order valence-corrected chi connectivity index (χ4v) is 2.03. The van der Waals surface area contributed by atoms with E-state index in [-0.39, 0.29) is 5.78 Å². The van der Waals surface area contributed by atoms with Gasteiger partial charge in [0.15, 0.2) is 5.78 Å². The van der Waals surface area contributed by atoms with E-state index in [2.05, 4.69) is 10.2 Å². The lowest BCUT2D eigenvalue weighted by Crippen LogP contribution is -2.41. The normalized spacial score (nSPS) is 16.4. The van der Waals surface area contributed by atoms with Gasteiger partial charge in [-0.3, -0.25) is 9.69 Å². The zero-order chi connectivity index (χ0) is 13.5. The van der Waals surface area contributed by atoms with Crippen LogP contribution in [-0.2, 0) is 4.74 Å². The fourth-order valence-electron chi connectivity index (χ4n) is 2.03. The molecule has 0 saturated carbocycles. The molecule has 0 unspecified atom stereocenters. The Morgan fingerprint density at radius 1 is 1.26 bits per heavy atom. The first kappa shape index (κ1) is 14.0. The molecule has 1 saturated heterocycles. The number of carbonyl (C=O) groups excluding carboxylic acids is 1. The van der Waals surface area contributed by atoms with Crippen LogP contribution in [-0.4, -0.2) is 56.6 Å². The van der Waals surface area contributed by atoms with Crippen molar-refractivity contribution in [2.45, 2.75) is 0 Å². The van der Waals surface area contributed by atoms with Crippen LogP contribution in [0.1, 0.15) is 10.4 Å². The number of morpholine rings is 1. The molecule has 5 heteroatoms. The molecule has 1 aliphatic rings. The maximum absolute atomic E-state index is 11.9. The number of nitrogens with one attached hydrogen (secondary N) is 1. The molecule has 3 N–H and O–H groups in total. The second-order valence-corrected chi connectivity index (χ2v) is 4.68. The molecule has 1 fully saturated rings. The van der Waals surface area contributed by atoms with E-state index in [0.717, 1.165) is 39.4 Å². The first-order chi connectivity index (χ1) is 9.25. The van der Waals surface area contributed by atoms with Gasteiger partial charge < -0.3 is 15.8 Å². The van der Waals surface area contributed by atoms with Gasteiger partial charge in [0.1, 0.15) is 0 Å². The summed E-state index contributed by atoms with van der Waals surface area (Å²) in [6, 6.07) is 7.03. The molecule has 5 nitrogen and oxygen atoms in total. The van der Waals surface area contributed by atoms with Gasteiger partial charge in [-0.15, -0.1) is 0 Å². The summed E-state index contributed by atoms with van der Waals surface area (Å²) >= 11 is 0. The molecule has 0 aliphatic carbocycles. The van der Waals surface area contributed by atoms with E-state index in [1.54, 1.807) is 24.3 Å². The van der Waals surface area contributed by atoms with Gasteiger partial charge >= 0.3 is 0 Å². The quantitative estimate of drug-likeness (QED) is 0.441. The van der Waals surface area contributed by atoms with Crippen LogP contribution in [0.3, 0.4) is 0 Å². The summed E-state index contributed by atoms with van der Waals surface area (Å²) in [4.78, 5) is 14.2. The van der Waals surface area contributed by atoms with Crippen LogP contribution in [0.15, 0.2) is 24.3 Å². The zero-order valence-electron chi connectivity index (χ0n) is 11.1. The van der Waals surface area contributed by atoms with Crippen molar-refractivity contribution in [1.29, 1.82) is 0 Å². The Balaban J connectivity index is 1.64. The number of ether oxygens (including phenoxy) is 1. The maximum Gasteiger partial charge on any atom is 0.176 e. The van der Waals surface area contributed by atoms with Gasteiger partial charge in [-0.2, -0.15) is 0 Å². The van der Waals surface area contributed by atoms with Crippen LogP contribution in [0.25, 0.3) is 0 Å². The van der Waals surface area contributed by atoms with E-state index in [4.69, 9.17) is 10.5 Å². The third-order valence-corrected chi connectivity index (χ3v) is 3.23. The molecular formula is C14H21N3O2. The second-order valence-electron chi connectivity index (χ2n) is 4.68. The number of nitrogens with zero attached hydrogens (tertiary/aromatic N) is 1. The van der Waals surface area contributed by atoms with Crippen LogP contribution in [0.4, 0.5) is 5.69 Å². The summed E-state index contributed by atoms with van der Waals surface area (Å²) in [6.45, 7) is 5.73. The van der Waals surface area contributed by atoms with Gasteiger partial charge in [0.05, 0.1) is 19.8 Å². The predicted octanol–water partition coefficient (Wildman–Crippen LogP) is 0.373. The van der Waals surface area contributed by atoms with Crippen LogP contribution in [0.5, 0.6) is 0 Å². The molecule has 2 rings (SSSR count). The molecule has 0 atom stereocenters. The molecular weight excluding hydrogens is 242 g/mol. The molecule has 0 spiro atoms. The van der Waals surface area contributed by atoms with Gasteiger partial charge in [-0.1, -0.05) is 0 Å². The molecule has 0 radical (unpaired) electrons. The minimum Gasteiger partial charge on any atom is -0.399 e. The predicted molar refractivity (Wildman–Crippen MR) is 75.3 cm³/mol. The minimum atomic E-state index is 0.0991. The fraction of sp³-hybridized carbons (Fsp3) is 0.500. The monoisotopic (exact) mass is 263 g/mol. The Labute approximate surface area is 113 Å². The van der Waals surface area contributed by atoms with Crippen molar-refractivity contribution in [2.75, 3.05) is 51.7 Å². The average molecular weight is 263 g/mol. The number of carbonyl (C=O) groups is 1. The number of rotatable bonds is 6. The highest BCUT2D eigenvalue weighted by Gasteiger charge is 2.10. The summed E-state index contributed by atoms with van der Waals surface area (Å²) in [5.74, 6) is 0.0991. The van der Waals surface area contributed by atoms with Crippen LogP contribution in [0.2, 0.25) is 0 Å². The highest BCUT2D eigenvalue weighted by atomic mass is 16.5. The third-order valence-electron chi connectivity index (χ3n) is 3.23. The Bertz CT molecular complexity index is 400. The Hall–Kier alpha value is -1.43. The highest BCUT2D eigenvalue weighted by Crippen LogP contribution is 2.05. The van der Waals surface area contributed by atoms with Gasteiger partial charge in [-0.05, 0) is 24.3 Å². The highest BCUT2D eigenvalue weighted by molar-refractivity contribution is 5.97. The van der Waals surface area contributed by atoms with Crippen molar-refractivity contribution in [1.82, 2.24) is 10.2 Å². The molecule has 1 heterocycles. The SMILES string of the molecule is Nc1ccc(C(=O)CNCCN2CCOCC2)cc1. The summed E-state index contributed by atoms with van der Waals surface area (Å²) < 4.78 is 5.29. The number of nitrogen functional groups attached to an aromatic ring is 1. The number of hydrogen-bond acceptors (Lipinski definition) is 5. The molecule has 1 aliphatic heterocycles. The summed E-state index contributed by atoms with van der Waals surface area (Å²) in [6.07, 6.45) is 0. The lowest BCUT2D eigenvalue weighted by atomic mass is 10.1. The van der Waals surface area contributed by atoms with E-state index < -0.39 is 0 Å². The number of benzene rings is 1. The van der Waals surface area contributed by atoms with Crippen molar-refractivity contribution >= 4 is 11.5 Å². The standard InChI is InChI=1S/C14H21N3O2/c15-13-3-1-12(2-4-13)14(18)11-16-5-6-17-7-9-19-10-8-17/h1-4,16H,5-11,15H2. The van der Waals surface area contributed by atoms with Crippen LogP contribution >= 0.6 is 0 Å². The number of ketones is 1. The number of hydrogen-bond donors (Lipinski definition) is 2. The van der Waals surface area contributed by atoms with E-state index in [1.807, 2.05) is 0 Å². The number of anilines is 1. The van der Waals surface area contributed by atoms with E-state index >= 15 is 0 Å². The molecule has 1 aromatic rings. The van der Waals surface area contributed by atoms with E-state index in [9.17, 15) is 4.79 Å². The summed E-state index contributed by atoms with van der Waals surface area (Å²) in [5.41, 5.74) is 6.97. The van der Waals surface area contributed by atoms with Crippen molar-refractivity contribution < 1.29 is 9.53 Å². The zero-order valence-corrected chi connectivity index (χ0v) is 11.1. The van der Waals surface area contributed by atoms with Crippen molar-refractivity contribution in [2.24, 2.45) is 0 Å². The molecule has 0 bridgehead atoms. The minimum absolute atomic E-state index is 0.0991. The van der Waals surface area contributed by atoms with Crippen molar-refractivity contribution in [3.63, 3.8) is 0 Å².